The van der Waals surface area contributed by atoms with Gasteiger partial charge in [-0.3, -0.25) is 9.78 Å². The molecule has 1 heterocycles. The number of carbonyl (C=O) groups is 1. The van der Waals surface area contributed by atoms with Crippen LogP contribution in [0.3, 0.4) is 0 Å². The fraction of sp³-hybridized carbons (Fsp3) is 0.462. The van der Waals surface area contributed by atoms with Gasteiger partial charge < -0.3 is 4.90 Å². The van der Waals surface area contributed by atoms with Crippen LogP contribution in [0.4, 0.5) is 0 Å². The van der Waals surface area contributed by atoms with E-state index < -0.39 is 0 Å². The summed E-state index contributed by atoms with van der Waals surface area (Å²) >= 11 is 3.36. The molecule has 0 aromatic carbocycles. The van der Waals surface area contributed by atoms with Crippen molar-refractivity contribution in [2.45, 2.75) is 31.1 Å². The number of amides is 1. The first-order chi connectivity index (χ1) is 8.69. The van der Waals surface area contributed by atoms with Crippen molar-refractivity contribution in [2.75, 3.05) is 6.54 Å². The molecule has 0 aliphatic carbocycles. The van der Waals surface area contributed by atoms with Crippen LogP contribution in [0.5, 0.6) is 0 Å². The SMILES string of the molecule is CCC(Br)C(=O)N(CCC#N)Cc1cccnc1. The minimum atomic E-state index is -0.187. The molecule has 0 N–H and O–H groups in total. The number of carbonyl (C=O) groups excluding carboxylic acids is 1. The molecule has 0 saturated heterocycles. The summed E-state index contributed by atoms with van der Waals surface area (Å²) in [5, 5.41) is 8.65. The number of hydrogen-bond acceptors (Lipinski definition) is 3. The molecule has 5 heteroatoms. The van der Waals surface area contributed by atoms with Crippen molar-refractivity contribution >= 4 is 21.8 Å². The smallest absolute Gasteiger partial charge is 0.236 e. The molecule has 1 aromatic rings. The Balaban J connectivity index is 2.72. The van der Waals surface area contributed by atoms with E-state index in [4.69, 9.17) is 5.26 Å². The van der Waals surface area contributed by atoms with Gasteiger partial charge in [0.1, 0.15) is 0 Å². The summed E-state index contributed by atoms with van der Waals surface area (Å²) in [7, 11) is 0. The van der Waals surface area contributed by atoms with Gasteiger partial charge in [-0.05, 0) is 18.1 Å². The summed E-state index contributed by atoms with van der Waals surface area (Å²) in [5.74, 6) is 0.0246. The lowest BCUT2D eigenvalue weighted by molar-refractivity contribution is -0.131. The quantitative estimate of drug-likeness (QED) is 0.759. The third-order valence-electron chi connectivity index (χ3n) is 2.53. The largest absolute Gasteiger partial charge is 0.336 e. The van der Waals surface area contributed by atoms with E-state index in [1.807, 2.05) is 19.1 Å². The summed E-state index contributed by atoms with van der Waals surface area (Å²) in [6, 6.07) is 5.84. The van der Waals surface area contributed by atoms with Gasteiger partial charge in [-0.25, -0.2) is 0 Å². The van der Waals surface area contributed by atoms with Crippen LogP contribution in [-0.2, 0) is 11.3 Å². The maximum Gasteiger partial charge on any atom is 0.236 e. The van der Waals surface area contributed by atoms with Crippen LogP contribution < -0.4 is 0 Å². The second-order valence-corrected chi connectivity index (χ2v) is 5.01. The number of hydrogen-bond donors (Lipinski definition) is 0. The molecule has 4 nitrogen and oxygen atoms in total. The first-order valence-electron chi connectivity index (χ1n) is 5.87. The monoisotopic (exact) mass is 309 g/mol. The predicted octanol–water partition coefficient (Wildman–Crippen LogP) is 2.50. The highest BCUT2D eigenvalue weighted by molar-refractivity contribution is 9.10. The molecular formula is C13H16BrN3O. The van der Waals surface area contributed by atoms with Gasteiger partial charge in [0.15, 0.2) is 0 Å². The first kappa shape index (κ1) is 14.7. The van der Waals surface area contributed by atoms with Crippen molar-refractivity contribution in [2.24, 2.45) is 0 Å². The molecule has 1 amide bonds. The number of nitrogens with zero attached hydrogens (tertiary/aromatic N) is 3. The predicted molar refractivity (Wildman–Crippen MR) is 72.9 cm³/mol. The normalized spacial score (nSPS) is 11.6. The Morgan fingerprint density at radius 2 is 2.44 bits per heavy atom. The lowest BCUT2D eigenvalue weighted by Gasteiger charge is -2.23. The molecule has 1 unspecified atom stereocenters. The van der Waals surface area contributed by atoms with Gasteiger partial charge in [0.2, 0.25) is 5.91 Å². The second-order valence-electron chi connectivity index (χ2n) is 3.90. The number of rotatable bonds is 6. The van der Waals surface area contributed by atoms with Crippen LogP contribution in [0.2, 0.25) is 0 Å². The molecule has 0 aliphatic heterocycles. The molecule has 1 rings (SSSR count). The summed E-state index contributed by atoms with van der Waals surface area (Å²) < 4.78 is 0. The standard InChI is InChI=1S/C13H16BrN3O/c1-2-12(14)13(18)17(8-4-6-15)10-11-5-3-7-16-9-11/h3,5,7,9,12H,2,4,8,10H2,1H3. The Morgan fingerprint density at radius 1 is 1.67 bits per heavy atom. The van der Waals surface area contributed by atoms with Crippen LogP contribution in [-0.4, -0.2) is 27.2 Å². The molecule has 0 bridgehead atoms. The molecule has 0 saturated carbocycles. The molecule has 18 heavy (non-hydrogen) atoms. The Labute approximate surface area is 116 Å². The fourth-order valence-electron chi connectivity index (χ4n) is 1.54. The maximum absolute atomic E-state index is 12.1. The zero-order valence-corrected chi connectivity index (χ0v) is 11.9. The summed E-state index contributed by atoms with van der Waals surface area (Å²) in [6.45, 7) is 2.90. The van der Waals surface area contributed by atoms with Crippen molar-refractivity contribution in [3.8, 4) is 6.07 Å². The fourth-order valence-corrected chi connectivity index (χ4v) is 1.83. The molecule has 0 spiro atoms. The average molecular weight is 310 g/mol. The molecule has 1 atom stereocenters. The average Bonchev–Trinajstić information content (AvgIpc) is 2.42. The Kier molecular flexibility index (Phi) is 6.37. The minimum absolute atomic E-state index is 0.0246. The Morgan fingerprint density at radius 3 is 3.00 bits per heavy atom. The van der Waals surface area contributed by atoms with Gasteiger partial charge in [0, 0.05) is 25.5 Å². The van der Waals surface area contributed by atoms with Gasteiger partial charge in [-0.2, -0.15) is 5.26 Å². The van der Waals surface area contributed by atoms with E-state index in [1.165, 1.54) is 0 Å². The highest BCUT2D eigenvalue weighted by Gasteiger charge is 2.20. The summed E-state index contributed by atoms with van der Waals surface area (Å²) in [5.41, 5.74) is 0.972. The number of nitriles is 1. The molecule has 0 radical (unpaired) electrons. The minimum Gasteiger partial charge on any atom is -0.336 e. The van der Waals surface area contributed by atoms with Crippen LogP contribution >= 0.6 is 15.9 Å². The number of pyridine rings is 1. The molecule has 0 fully saturated rings. The zero-order valence-electron chi connectivity index (χ0n) is 10.3. The highest BCUT2D eigenvalue weighted by atomic mass is 79.9. The van der Waals surface area contributed by atoms with E-state index in [1.54, 1.807) is 17.3 Å². The molecule has 1 aromatic heterocycles. The van der Waals surface area contributed by atoms with Gasteiger partial charge in [0.05, 0.1) is 17.3 Å². The summed E-state index contributed by atoms with van der Waals surface area (Å²) in [6.07, 6.45) is 4.51. The molecular weight excluding hydrogens is 294 g/mol. The van der Waals surface area contributed by atoms with Crippen molar-refractivity contribution in [1.29, 1.82) is 5.26 Å². The van der Waals surface area contributed by atoms with E-state index in [0.29, 0.717) is 19.5 Å². The summed E-state index contributed by atoms with van der Waals surface area (Å²) in [4.78, 5) is 17.7. The van der Waals surface area contributed by atoms with E-state index in [-0.39, 0.29) is 10.7 Å². The van der Waals surface area contributed by atoms with E-state index in [9.17, 15) is 4.79 Å². The van der Waals surface area contributed by atoms with Crippen LogP contribution in [0, 0.1) is 11.3 Å². The van der Waals surface area contributed by atoms with Crippen molar-refractivity contribution in [3.63, 3.8) is 0 Å². The number of aromatic nitrogens is 1. The van der Waals surface area contributed by atoms with Crippen molar-refractivity contribution in [3.05, 3.63) is 30.1 Å². The van der Waals surface area contributed by atoms with E-state index in [2.05, 4.69) is 27.0 Å². The lowest BCUT2D eigenvalue weighted by Crippen LogP contribution is -2.36. The van der Waals surface area contributed by atoms with E-state index in [0.717, 1.165) is 12.0 Å². The third kappa shape index (κ3) is 4.46. The number of halogens is 1. The van der Waals surface area contributed by atoms with Gasteiger partial charge in [-0.15, -0.1) is 0 Å². The zero-order chi connectivity index (χ0) is 13.4. The molecule has 0 aliphatic rings. The Hall–Kier alpha value is -1.41. The van der Waals surface area contributed by atoms with Crippen LogP contribution in [0.1, 0.15) is 25.3 Å². The highest BCUT2D eigenvalue weighted by Crippen LogP contribution is 2.12. The third-order valence-corrected chi connectivity index (χ3v) is 3.57. The van der Waals surface area contributed by atoms with Gasteiger partial charge in [-0.1, -0.05) is 28.9 Å². The Bertz CT molecular complexity index is 416. The van der Waals surface area contributed by atoms with Gasteiger partial charge >= 0.3 is 0 Å². The molecule has 96 valence electrons. The maximum atomic E-state index is 12.1. The van der Waals surface area contributed by atoms with Crippen LogP contribution in [0.25, 0.3) is 0 Å². The topological polar surface area (TPSA) is 57.0 Å². The van der Waals surface area contributed by atoms with E-state index >= 15 is 0 Å². The van der Waals surface area contributed by atoms with Gasteiger partial charge in [0.25, 0.3) is 0 Å². The lowest BCUT2D eigenvalue weighted by atomic mass is 10.2. The van der Waals surface area contributed by atoms with Crippen molar-refractivity contribution in [1.82, 2.24) is 9.88 Å². The number of alkyl halides is 1. The van der Waals surface area contributed by atoms with Crippen molar-refractivity contribution < 1.29 is 4.79 Å². The first-order valence-corrected chi connectivity index (χ1v) is 6.79. The van der Waals surface area contributed by atoms with Crippen LogP contribution in [0.15, 0.2) is 24.5 Å². The second kappa shape index (κ2) is 7.83.